The summed E-state index contributed by atoms with van der Waals surface area (Å²) in [7, 11) is 0. The highest BCUT2D eigenvalue weighted by atomic mass is 127. The predicted octanol–water partition coefficient (Wildman–Crippen LogP) is 9.49. The van der Waals surface area contributed by atoms with Gasteiger partial charge in [0.15, 0.2) is 0 Å². The van der Waals surface area contributed by atoms with E-state index in [0.29, 0.717) is 0 Å². The molecule has 0 aliphatic rings. The van der Waals surface area contributed by atoms with Crippen molar-refractivity contribution in [3.8, 4) is 22.3 Å². The van der Waals surface area contributed by atoms with E-state index < -0.39 is 0 Å². The first-order valence-corrected chi connectivity index (χ1v) is 12.6. The predicted molar refractivity (Wildman–Crippen MR) is 148 cm³/mol. The Labute approximate surface area is 208 Å². The number of halogens is 1. The highest BCUT2D eigenvalue weighted by Gasteiger charge is 2.17. The second-order valence-corrected chi connectivity index (χ2v) is 10.2. The lowest BCUT2D eigenvalue weighted by Crippen LogP contribution is -1.89. The molecule has 0 atom stereocenters. The van der Waals surface area contributed by atoms with Gasteiger partial charge in [0.2, 0.25) is 0 Å². The maximum Gasteiger partial charge on any atom is 0.144 e. The van der Waals surface area contributed by atoms with Gasteiger partial charge < -0.3 is 4.42 Å². The maximum atomic E-state index is 6.30. The summed E-state index contributed by atoms with van der Waals surface area (Å²) in [6, 6.07) is 38.3. The molecule has 7 rings (SSSR count). The molecule has 1 nitrogen and oxygen atoms in total. The van der Waals surface area contributed by atoms with Crippen LogP contribution in [0.5, 0.6) is 0 Å². The lowest BCUT2D eigenvalue weighted by molar-refractivity contribution is 0.670. The van der Waals surface area contributed by atoms with Gasteiger partial charge in [-0.05, 0) is 58.0 Å². The van der Waals surface area contributed by atoms with Crippen molar-refractivity contribution in [2.45, 2.75) is 0 Å². The van der Waals surface area contributed by atoms with Crippen LogP contribution in [0, 0.1) is 15.7 Å². The Balaban J connectivity index is 1.49. The van der Waals surface area contributed by atoms with Crippen molar-refractivity contribution in [2.24, 2.45) is 0 Å². The van der Waals surface area contributed by atoms with E-state index in [1.54, 1.807) is 0 Å². The van der Waals surface area contributed by atoms with Crippen molar-refractivity contribution < 1.29 is 4.42 Å². The molecule has 2 aromatic heterocycles. The first-order valence-electron chi connectivity index (χ1n) is 10.7. The molecule has 5 aromatic carbocycles. The van der Waals surface area contributed by atoms with Gasteiger partial charge in [0, 0.05) is 40.3 Å². The third-order valence-corrected chi connectivity index (χ3v) is 8.62. The van der Waals surface area contributed by atoms with Gasteiger partial charge in [-0.15, -0.1) is 11.3 Å². The number of benzene rings is 4. The molecule has 0 aliphatic heterocycles. The van der Waals surface area contributed by atoms with E-state index in [1.165, 1.54) is 40.4 Å². The Bertz CT molecular complexity index is 1710. The Hall–Kier alpha value is -3.33. The molecule has 0 spiro atoms. The number of para-hydroxylation sites is 1. The molecule has 0 radical (unpaired) electrons. The molecule has 0 saturated heterocycles. The van der Waals surface area contributed by atoms with Gasteiger partial charge in [-0.2, -0.15) is 0 Å². The van der Waals surface area contributed by atoms with Gasteiger partial charge >= 0.3 is 0 Å². The van der Waals surface area contributed by atoms with Crippen molar-refractivity contribution in [1.29, 1.82) is 0 Å². The molecule has 0 bridgehead atoms. The molecule has 0 unspecified atom stereocenters. The van der Waals surface area contributed by atoms with Crippen molar-refractivity contribution >= 4 is 76.0 Å². The van der Waals surface area contributed by atoms with Gasteiger partial charge in [-0.1, -0.05) is 78.9 Å². The van der Waals surface area contributed by atoms with E-state index in [4.69, 9.17) is 4.42 Å². The van der Waals surface area contributed by atoms with E-state index >= 15 is 0 Å². The largest absolute Gasteiger partial charge is 0.455 e. The molecule has 3 heteroatoms. The molecule has 33 heavy (non-hydrogen) atoms. The Morgan fingerprint density at radius 3 is 2.27 bits per heavy atom. The van der Waals surface area contributed by atoms with E-state index in [9.17, 15) is 0 Å². The van der Waals surface area contributed by atoms with Gasteiger partial charge in [0.05, 0.1) is 5.39 Å². The summed E-state index contributed by atoms with van der Waals surface area (Å²) in [5.41, 5.74) is 6.56. The summed E-state index contributed by atoms with van der Waals surface area (Å²) in [6.07, 6.45) is 0. The zero-order valence-corrected chi connectivity index (χ0v) is 20.3. The molecule has 7 aromatic rings. The second kappa shape index (κ2) is 7.34. The highest BCUT2D eigenvalue weighted by Crippen LogP contribution is 2.44. The van der Waals surface area contributed by atoms with Gasteiger partial charge in [-0.25, -0.2) is 0 Å². The van der Waals surface area contributed by atoms with E-state index in [1.807, 2.05) is 23.5 Å². The fraction of sp³-hybridized carbons (Fsp3) is 0. The second-order valence-electron chi connectivity index (χ2n) is 8.07. The molecule has 154 valence electrons. The topological polar surface area (TPSA) is 13.1 Å². The minimum absolute atomic E-state index is 0.845. The molecule has 0 N–H and O–H groups in total. The molecule has 0 aliphatic carbocycles. The summed E-state index contributed by atoms with van der Waals surface area (Å²) in [5.74, 6) is 0. The first kappa shape index (κ1) is 19.2. The van der Waals surface area contributed by atoms with Crippen molar-refractivity contribution in [2.75, 3.05) is 0 Å². The molecular formula is C30H15IOS. The van der Waals surface area contributed by atoms with Crippen molar-refractivity contribution in [3.05, 3.63) is 107 Å². The van der Waals surface area contributed by atoms with Crippen LogP contribution in [0.2, 0.25) is 0 Å². The number of hydrogen-bond acceptors (Lipinski definition) is 2. The minimum Gasteiger partial charge on any atom is -0.455 e. The van der Waals surface area contributed by atoms with Crippen molar-refractivity contribution in [3.63, 3.8) is 0 Å². The Morgan fingerprint density at radius 1 is 0.667 bits per heavy atom. The zero-order valence-electron chi connectivity index (χ0n) is 17.4. The van der Waals surface area contributed by atoms with Crippen LogP contribution in [0.25, 0.3) is 64.4 Å². The average Bonchev–Trinajstić information content (AvgIpc) is 3.43. The fourth-order valence-electron chi connectivity index (χ4n) is 4.73. The molecular weight excluding hydrogens is 535 g/mol. The smallest absolute Gasteiger partial charge is 0.144 e. The maximum absolute atomic E-state index is 6.30. The number of thiophene rings is 1. The lowest BCUT2D eigenvalue weighted by atomic mass is 9.97. The summed E-state index contributed by atoms with van der Waals surface area (Å²) in [5, 5.41) is 4.70. The van der Waals surface area contributed by atoms with Crippen molar-refractivity contribution in [1.82, 2.24) is 0 Å². The van der Waals surface area contributed by atoms with Crippen LogP contribution in [-0.2, 0) is 0 Å². The van der Waals surface area contributed by atoms with Crippen LogP contribution in [0.15, 0.2) is 95.4 Å². The van der Waals surface area contributed by atoms with Crippen LogP contribution >= 0.6 is 33.9 Å². The minimum atomic E-state index is 0.845. The SMILES string of the molecule is Ic1c(-c2cccc3c2oc2ccc#cc23)cccc1-c1cccc2c1sc1ccccc12. The molecule has 0 amide bonds. The lowest BCUT2D eigenvalue weighted by Gasteiger charge is -2.12. The monoisotopic (exact) mass is 550 g/mol. The Morgan fingerprint density at radius 2 is 1.36 bits per heavy atom. The molecule has 0 saturated carbocycles. The average molecular weight is 550 g/mol. The summed E-state index contributed by atoms with van der Waals surface area (Å²) >= 11 is 4.37. The van der Waals surface area contributed by atoms with E-state index in [2.05, 4.69) is 114 Å². The van der Waals surface area contributed by atoms with E-state index in [-0.39, 0.29) is 0 Å². The van der Waals surface area contributed by atoms with Gasteiger partial charge in [-0.3, -0.25) is 0 Å². The van der Waals surface area contributed by atoms with E-state index in [0.717, 1.165) is 27.5 Å². The third-order valence-electron chi connectivity index (χ3n) is 6.24. The number of rotatable bonds is 2. The quantitative estimate of drug-likeness (QED) is 0.196. The summed E-state index contributed by atoms with van der Waals surface area (Å²) < 4.78 is 10.2. The van der Waals surface area contributed by atoms with Crippen LogP contribution < -0.4 is 0 Å². The summed E-state index contributed by atoms with van der Waals surface area (Å²) in [4.78, 5) is 0. The van der Waals surface area contributed by atoms with Crippen LogP contribution in [0.4, 0.5) is 0 Å². The van der Waals surface area contributed by atoms with Gasteiger partial charge in [0.1, 0.15) is 11.2 Å². The number of fused-ring (bicyclic) bond motifs is 6. The standard InChI is InChI=1S/C30H15IOS/c31-28-20(23-13-6-12-22-18-8-1-3-16-26(18)32-29(22)23)10-5-11-21(28)25-15-7-14-24-19-9-2-4-17-27(19)33-30(24)25/h2-7,9-17H. The number of furan rings is 1. The number of hydrogen-bond donors (Lipinski definition) is 0. The fourth-order valence-corrected chi connectivity index (χ4v) is 6.91. The van der Waals surface area contributed by atoms with Crippen LogP contribution in [-0.4, -0.2) is 0 Å². The summed E-state index contributed by atoms with van der Waals surface area (Å²) in [6.45, 7) is 0. The highest BCUT2D eigenvalue weighted by molar-refractivity contribution is 14.1. The Kier molecular flexibility index (Phi) is 4.27. The first-order chi connectivity index (χ1) is 16.3. The normalized spacial score (nSPS) is 11.5. The third kappa shape index (κ3) is 2.84. The van der Waals surface area contributed by atoms with Crippen LogP contribution in [0.1, 0.15) is 0 Å². The van der Waals surface area contributed by atoms with Crippen LogP contribution in [0.3, 0.4) is 0 Å². The van der Waals surface area contributed by atoms with Gasteiger partial charge in [0.25, 0.3) is 0 Å². The molecule has 2 heterocycles. The molecule has 0 fully saturated rings. The zero-order chi connectivity index (χ0) is 21.9.